The van der Waals surface area contributed by atoms with Crippen LogP contribution in [0.5, 0.6) is 0 Å². The van der Waals surface area contributed by atoms with E-state index in [1.54, 1.807) is 23.7 Å². The van der Waals surface area contributed by atoms with E-state index in [0.717, 1.165) is 23.6 Å². The second kappa shape index (κ2) is 4.57. The number of aromatic amines is 1. The summed E-state index contributed by atoms with van der Waals surface area (Å²) in [5.74, 6) is 0.695. The molecule has 5 heteroatoms. The fourth-order valence-corrected chi connectivity index (χ4v) is 3.43. The third-order valence-corrected chi connectivity index (χ3v) is 4.54. The first-order valence-electron chi connectivity index (χ1n) is 6.14. The van der Waals surface area contributed by atoms with Gasteiger partial charge in [-0.3, -0.25) is 9.89 Å². The molecule has 0 aliphatic heterocycles. The topological polar surface area (TPSA) is 57.8 Å². The predicted octanol–water partition coefficient (Wildman–Crippen LogP) is 2.85. The van der Waals surface area contributed by atoms with Gasteiger partial charge in [0.2, 0.25) is 0 Å². The van der Waals surface area contributed by atoms with E-state index in [9.17, 15) is 4.79 Å². The number of thiophene rings is 1. The van der Waals surface area contributed by atoms with Crippen molar-refractivity contribution >= 4 is 22.9 Å². The van der Waals surface area contributed by atoms with E-state index in [2.05, 4.69) is 22.4 Å². The molecule has 0 saturated heterocycles. The highest BCUT2D eigenvalue weighted by atomic mass is 32.1. The second-order valence-electron chi connectivity index (χ2n) is 4.85. The van der Waals surface area contributed by atoms with Gasteiger partial charge in [-0.1, -0.05) is 6.92 Å². The van der Waals surface area contributed by atoms with E-state index in [0.29, 0.717) is 5.69 Å². The van der Waals surface area contributed by atoms with Gasteiger partial charge in [-0.05, 0) is 36.8 Å². The number of nitrogens with one attached hydrogen (secondary N) is 2. The van der Waals surface area contributed by atoms with Crippen molar-refractivity contribution in [2.24, 2.45) is 5.92 Å². The van der Waals surface area contributed by atoms with Gasteiger partial charge in [0.1, 0.15) is 0 Å². The number of nitrogens with zero attached hydrogens (tertiary/aromatic N) is 1. The monoisotopic (exact) mass is 261 g/mol. The Morgan fingerprint density at radius 1 is 1.61 bits per heavy atom. The van der Waals surface area contributed by atoms with E-state index in [-0.39, 0.29) is 5.91 Å². The molecule has 1 amide bonds. The van der Waals surface area contributed by atoms with E-state index in [4.69, 9.17) is 0 Å². The van der Waals surface area contributed by atoms with Gasteiger partial charge in [0.15, 0.2) is 0 Å². The molecular formula is C13H15N3OS. The first-order chi connectivity index (χ1) is 8.72. The smallest absolute Gasteiger partial charge is 0.265 e. The minimum Gasteiger partial charge on any atom is -0.319 e. The van der Waals surface area contributed by atoms with Crippen LogP contribution < -0.4 is 5.32 Å². The summed E-state index contributed by atoms with van der Waals surface area (Å²) in [5.41, 5.74) is 2.07. The van der Waals surface area contributed by atoms with Crippen molar-refractivity contribution in [2.75, 3.05) is 5.32 Å². The van der Waals surface area contributed by atoms with Gasteiger partial charge in [-0.25, -0.2) is 0 Å². The van der Waals surface area contributed by atoms with Crippen molar-refractivity contribution in [1.82, 2.24) is 10.2 Å². The number of aryl methyl sites for hydroxylation is 1. The predicted molar refractivity (Wildman–Crippen MR) is 72.0 cm³/mol. The summed E-state index contributed by atoms with van der Waals surface area (Å²) >= 11 is 1.62. The van der Waals surface area contributed by atoms with Crippen LogP contribution in [0, 0.1) is 5.92 Å². The molecule has 0 bridgehead atoms. The minimum absolute atomic E-state index is 0.0385. The van der Waals surface area contributed by atoms with Crippen LogP contribution >= 0.6 is 11.3 Å². The van der Waals surface area contributed by atoms with E-state index in [1.807, 2.05) is 6.07 Å². The summed E-state index contributed by atoms with van der Waals surface area (Å²) in [4.78, 5) is 14.3. The largest absolute Gasteiger partial charge is 0.319 e. The number of carbonyl (C=O) groups is 1. The van der Waals surface area contributed by atoms with Crippen molar-refractivity contribution in [3.8, 4) is 0 Å². The molecule has 1 aliphatic rings. The van der Waals surface area contributed by atoms with E-state index < -0.39 is 0 Å². The molecule has 1 unspecified atom stereocenters. The maximum atomic E-state index is 12.1. The standard InChI is InChI=1S/C13H15N3OS/c1-8-2-3-11-9(4-8)5-12(18-11)13(17)16-10-6-14-15-7-10/h5-8H,2-4H2,1H3,(H,14,15)(H,16,17). The number of rotatable bonds is 2. The highest BCUT2D eigenvalue weighted by molar-refractivity contribution is 7.14. The lowest BCUT2D eigenvalue weighted by molar-refractivity contribution is 0.103. The van der Waals surface area contributed by atoms with Gasteiger partial charge < -0.3 is 5.32 Å². The number of carbonyl (C=O) groups excluding carboxylic acids is 1. The van der Waals surface area contributed by atoms with Gasteiger partial charge in [-0.15, -0.1) is 11.3 Å². The fourth-order valence-electron chi connectivity index (χ4n) is 2.33. The summed E-state index contributed by atoms with van der Waals surface area (Å²) in [6.45, 7) is 2.27. The Labute approximate surface area is 109 Å². The Bertz CT molecular complexity index is 559. The number of hydrogen-bond donors (Lipinski definition) is 2. The van der Waals surface area contributed by atoms with Gasteiger partial charge in [-0.2, -0.15) is 5.10 Å². The normalized spacial score (nSPS) is 18.4. The van der Waals surface area contributed by atoms with Crippen LogP contribution in [0.25, 0.3) is 0 Å². The molecule has 1 aliphatic carbocycles. The van der Waals surface area contributed by atoms with Crippen LogP contribution in [0.4, 0.5) is 5.69 Å². The van der Waals surface area contributed by atoms with Crippen LogP contribution in [-0.2, 0) is 12.8 Å². The lowest BCUT2D eigenvalue weighted by Gasteiger charge is -2.16. The van der Waals surface area contributed by atoms with Crippen molar-refractivity contribution in [2.45, 2.75) is 26.2 Å². The lowest BCUT2D eigenvalue weighted by atomic mass is 9.90. The Morgan fingerprint density at radius 2 is 2.50 bits per heavy atom. The molecule has 0 spiro atoms. The Balaban J connectivity index is 1.78. The van der Waals surface area contributed by atoms with Crippen LogP contribution in [-0.4, -0.2) is 16.1 Å². The maximum Gasteiger partial charge on any atom is 0.265 e. The summed E-state index contributed by atoms with van der Waals surface area (Å²) in [6.07, 6.45) is 6.72. The molecule has 2 aromatic heterocycles. The lowest BCUT2D eigenvalue weighted by Crippen LogP contribution is -2.09. The number of amides is 1. The van der Waals surface area contributed by atoms with Crippen molar-refractivity contribution < 1.29 is 4.79 Å². The van der Waals surface area contributed by atoms with Gasteiger partial charge in [0.25, 0.3) is 5.91 Å². The van der Waals surface area contributed by atoms with Crippen LogP contribution in [0.2, 0.25) is 0 Å². The van der Waals surface area contributed by atoms with E-state index in [1.165, 1.54) is 16.9 Å². The second-order valence-corrected chi connectivity index (χ2v) is 5.98. The molecule has 18 heavy (non-hydrogen) atoms. The third-order valence-electron chi connectivity index (χ3n) is 3.31. The van der Waals surface area contributed by atoms with E-state index >= 15 is 0 Å². The summed E-state index contributed by atoms with van der Waals surface area (Å²) in [5, 5.41) is 9.32. The molecule has 0 fully saturated rings. The third kappa shape index (κ3) is 2.18. The summed E-state index contributed by atoms with van der Waals surface area (Å²) < 4.78 is 0. The number of hydrogen-bond acceptors (Lipinski definition) is 3. The van der Waals surface area contributed by atoms with Crippen LogP contribution in [0.15, 0.2) is 18.5 Å². The number of aromatic nitrogens is 2. The van der Waals surface area contributed by atoms with Crippen molar-refractivity contribution in [1.29, 1.82) is 0 Å². The highest BCUT2D eigenvalue weighted by Gasteiger charge is 2.20. The zero-order chi connectivity index (χ0) is 12.5. The Morgan fingerprint density at radius 3 is 3.28 bits per heavy atom. The summed E-state index contributed by atoms with van der Waals surface area (Å²) in [6, 6.07) is 2.05. The number of fused-ring (bicyclic) bond motifs is 1. The van der Waals surface area contributed by atoms with Crippen molar-refractivity contribution in [3.63, 3.8) is 0 Å². The Kier molecular flexibility index (Phi) is 2.91. The molecule has 4 nitrogen and oxygen atoms in total. The van der Waals surface area contributed by atoms with Crippen molar-refractivity contribution in [3.05, 3.63) is 33.8 Å². The zero-order valence-electron chi connectivity index (χ0n) is 10.2. The molecule has 3 rings (SSSR count). The molecule has 0 radical (unpaired) electrons. The SMILES string of the molecule is CC1CCc2sc(C(=O)Nc3cn[nH]c3)cc2C1. The van der Waals surface area contributed by atoms with Crippen LogP contribution in [0.1, 0.15) is 33.5 Å². The van der Waals surface area contributed by atoms with Gasteiger partial charge in [0, 0.05) is 11.1 Å². The average Bonchev–Trinajstić information content (AvgIpc) is 2.96. The molecule has 2 heterocycles. The maximum absolute atomic E-state index is 12.1. The van der Waals surface area contributed by atoms with Gasteiger partial charge in [0.05, 0.1) is 16.8 Å². The van der Waals surface area contributed by atoms with Crippen LogP contribution in [0.3, 0.4) is 0 Å². The number of H-pyrrole nitrogens is 1. The highest BCUT2D eigenvalue weighted by Crippen LogP contribution is 2.32. The first-order valence-corrected chi connectivity index (χ1v) is 6.96. The molecular weight excluding hydrogens is 246 g/mol. The molecule has 0 aromatic carbocycles. The average molecular weight is 261 g/mol. The Hall–Kier alpha value is -1.62. The molecule has 1 atom stereocenters. The minimum atomic E-state index is -0.0385. The molecule has 2 aromatic rings. The fraction of sp³-hybridized carbons (Fsp3) is 0.385. The first kappa shape index (κ1) is 11.5. The zero-order valence-corrected chi connectivity index (χ0v) is 11.0. The quantitative estimate of drug-likeness (QED) is 0.873. The number of anilines is 1. The molecule has 94 valence electrons. The molecule has 2 N–H and O–H groups in total. The molecule has 0 saturated carbocycles. The van der Waals surface area contributed by atoms with Gasteiger partial charge >= 0.3 is 0 Å². The summed E-state index contributed by atoms with van der Waals surface area (Å²) in [7, 11) is 0.